The van der Waals surface area contributed by atoms with Crippen LogP contribution in [0.15, 0.2) is 30.3 Å². The maximum absolute atomic E-state index is 12.8. The summed E-state index contributed by atoms with van der Waals surface area (Å²) < 4.78 is 33.1. The minimum absolute atomic E-state index is 0.0196. The lowest BCUT2D eigenvalue weighted by molar-refractivity contribution is 0.124. The normalized spacial score (nSPS) is 18.7. The third-order valence-electron chi connectivity index (χ3n) is 4.43. The largest absolute Gasteiger partial charge is 0.473 e. The van der Waals surface area contributed by atoms with Crippen LogP contribution in [0.1, 0.15) is 35.5 Å². The second-order valence-electron chi connectivity index (χ2n) is 6.88. The van der Waals surface area contributed by atoms with Crippen molar-refractivity contribution in [3.05, 3.63) is 53.0 Å². The Bertz CT molecular complexity index is 846. The highest BCUT2D eigenvalue weighted by atomic mass is 32.2. The van der Waals surface area contributed by atoms with E-state index in [0.717, 1.165) is 29.7 Å². The van der Waals surface area contributed by atoms with E-state index < -0.39 is 10.0 Å². The summed E-state index contributed by atoms with van der Waals surface area (Å²) in [6.45, 7) is 6.59. The first-order chi connectivity index (χ1) is 12.3. The monoisotopic (exact) mass is 375 g/mol. The van der Waals surface area contributed by atoms with Crippen molar-refractivity contribution >= 4 is 10.0 Å². The molecule has 0 bridgehead atoms. The number of hydrogen-bond donors (Lipinski definition) is 0. The van der Waals surface area contributed by atoms with E-state index in [4.69, 9.17) is 4.74 Å². The molecular weight excluding hydrogens is 350 g/mol. The Balaban J connectivity index is 1.67. The van der Waals surface area contributed by atoms with Crippen LogP contribution >= 0.6 is 0 Å². The van der Waals surface area contributed by atoms with E-state index in [1.807, 2.05) is 45.0 Å². The first-order valence-corrected chi connectivity index (χ1v) is 10.4. The third kappa shape index (κ3) is 4.80. The lowest BCUT2D eigenvalue weighted by Gasteiger charge is -2.32. The van der Waals surface area contributed by atoms with Crippen LogP contribution in [0.5, 0.6) is 5.88 Å². The number of ether oxygens (including phenoxy) is 1. The summed E-state index contributed by atoms with van der Waals surface area (Å²) in [4.78, 5) is 8.53. The lowest BCUT2D eigenvalue weighted by atomic mass is 10.1. The molecule has 1 aromatic carbocycles. The number of piperidine rings is 1. The molecule has 1 aliphatic heterocycles. The van der Waals surface area contributed by atoms with Gasteiger partial charge < -0.3 is 4.74 Å². The van der Waals surface area contributed by atoms with Crippen LogP contribution in [-0.2, 0) is 15.8 Å². The van der Waals surface area contributed by atoms with Crippen LogP contribution in [0.2, 0.25) is 0 Å². The number of aromatic nitrogens is 2. The molecule has 1 aliphatic rings. The molecular formula is C19H25N3O3S. The molecule has 7 heteroatoms. The number of hydrogen-bond acceptors (Lipinski definition) is 5. The molecule has 0 N–H and O–H groups in total. The molecule has 0 aliphatic carbocycles. The van der Waals surface area contributed by atoms with E-state index in [9.17, 15) is 8.42 Å². The molecule has 1 unspecified atom stereocenters. The standard InChI is InChI=1S/C19H25N3O3S/c1-14-6-8-17(9-7-14)13-26(23,24)22-10-4-5-18(12-22)25-19-11-15(2)20-16(3)21-19/h6-9,11,18H,4-5,10,12-13H2,1-3H3. The van der Waals surface area contributed by atoms with Gasteiger partial charge in [0.15, 0.2) is 0 Å². The summed E-state index contributed by atoms with van der Waals surface area (Å²) >= 11 is 0. The topological polar surface area (TPSA) is 72.4 Å². The van der Waals surface area contributed by atoms with Crippen molar-refractivity contribution in [2.75, 3.05) is 13.1 Å². The van der Waals surface area contributed by atoms with Gasteiger partial charge in [0, 0.05) is 18.3 Å². The molecule has 0 spiro atoms. The molecule has 0 amide bonds. The zero-order valence-electron chi connectivity index (χ0n) is 15.5. The van der Waals surface area contributed by atoms with Crippen molar-refractivity contribution < 1.29 is 13.2 Å². The van der Waals surface area contributed by atoms with Crippen molar-refractivity contribution in [2.24, 2.45) is 0 Å². The van der Waals surface area contributed by atoms with Gasteiger partial charge in [0.05, 0.1) is 12.3 Å². The quantitative estimate of drug-likeness (QED) is 0.803. The van der Waals surface area contributed by atoms with Crippen LogP contribution in [0.25, 0.3) is 0 Å². The molecule has 26 heavy (non-hydrogen) atoms. The highest BCUT2D eigenvalue weighted by molar-refractivity contribution is 7.88. The first-order valence-electron chi connectivity index (χ1n) is 8.84. The maximum atomic E-state index is 12.8. The summed E-state index contributed by atoms with van der Waals surface area (Å²) in [5.74, 6) is 1.18. The zero-order valence-corrected chi connectivity index (χ0v) is 16.3. The number of rotatable bonds is 5. The second kappa shape index (κ2) is 7.72. The van der Waals surface area contributed by atoms with Gasteiger partial charge in [-0.05, 0) is 39.2 Å². The number of sulfonamides is 1. The smallest absolute Gasteiger partial charge is 0.218 e. The van der Waals surface area contributed by atoms with Crippen molar-refractivity contribution in [2.45, 2.75) is 45.5 Å². The van der Waals surface area contributed by atoms with Gasteiger partial charge in [-0.15, -0.1) is 0 Å². The van der Waals surface area contributed by atoms with Gasteiger partial charge in [-0.2, -0.15) is 9.29 Å². The van der Waals surface area contributed by atoms with E-state index in [-0.39, 0.29) is 11.9 Å². The summed E-state index contributed by atoms with van der Waals surface area (Å²) in [5, 5.41) is 0. The minimum atomic E-state index is -3.37. The Hall–Kier alpha value is -1.99. The van der Waals surface area contributed by atoms with Gasteiger partial charge >= 0.3 is 0 Å². The summed E-state index contributed by atoms with van der Waals surface area (Å²) in [6, 6.07) is 9.40. The fourth-order valence-corrected chi connectivity index (χ4v) is 4.75. The van der Waals surface area contributed by atoms with Crippen molar-refractivity contribution in [3.63, 3.8) is 0 Å². The Kier molecular flexibility index (Phi) is 5.58. The van der Waals surface area contributed by atoms with E-state index in [2.05, 4.69) is 9.97 Å². The van der Waals surface area contributed by atoms with Gasteiger partial charge in [-0.3, -0.25) is 0 Å². The van der Waals surface area contributed by atoms with Gasteiger partial charge in [0.25, 0.3) is 0 Å². The van der Waals surface area contributed by atoms with E-state index >= 15 is 0 Å². The highest BCUT2D eigenvalue weighted by Crippen LogP contribution is 2.21. The predicted molar refractivity (Wildman–Crippen MR) is 101 cm³/mol. The van der Waals surface area contributed by atoms with Crippen molar-refractivity contribution in [1.29, 1.82) is 0 Å². The fraction of sp³-hybridized carbons (Fsp3) is 0.474. The van der Waals surface area contributed by atoms with Gasteiger partial charge in [-0.1, -0.05) is 29.8 Å². The zero-order chi connectivity index (χ0) is 18.7. The summed E-state index contributed by atoms with van der Waals surface area (Å²) in [7, 11) is -3.37. The van der Waals surface area contributed by atoms with Crippen LogP contribution in [-0.4, -0.2) is 41.9 Å². The van der Waals surface area contributed by atoms with Crippen molar-refractivity contribution in [3.8, 4) is 5.88 Å². The first kappa shape index (κ1) is 18.8. The molecule has 1 aromatic heterocycles. The predicted octanol–water partition coefficient (Wildman–Crippen LogP) is 2.78. The number of nitrogens with zero attached hydrogens (tertiary/aromatic N) is 3. The van der Waals surface area contributed by atoms with Crippen LogP contribution in [0, 0.1) is 20.8 Å². The average Bonchev–Trinajstić information content (AvgIpc) is 2.56. The Morgan fingerprint density at radius 1 is 1.15 bits per heavy atom. The Morgan fingerprint density at radius 2 is 1.88 bits per heavy atom. The molecule has 2 heterocycles. The summed E-state index contributed by atoms with van der Waals surface area (Å²) in [5.41, 5.74) is 2.76. The molecule has 0 saturated carbocycles. The molecule has 140 valence electrons. The highest BCUT2D eigenvalue weighted by Gasteiger charge is 2.30. The van der Waals surface area contributed by atoms with Crippen LogP contribution in [0.3, 0.4) is 0 Å². The molecule has 1 saturated heterocycles. The minimum Gasteiger partial charge on any atom is -0.473 e. The molecule has 0 radical (unpaired) electrons. The second-order valence-corrected chi connectivity index (χ2v) is 8.85. The molecule has 1 atom stereocenters. The van der Waals surface area contributed by atoms with Crippen LogP contribution < -0.4 is 4.74 Å². The SMILES string of the molecule is Cc1ccc(CS(=O)(=O)N2CCCC(Oc3cc(C)nc(C)n3)C2)cc1. The lowest BCUT2D eigenvalue weighted by Crippen LogP contribution is -2.44. The molecule has 3 rings (SSSR count). The maximum Gasteiger partial charge on any atom is 0.218 e. The van der Waals surface area contributed by atoms with Gasteiger partial charge in [0.1, 0.15) is 11.9 Å². The average molecular weight is 375 g/mol. The Morgan fingerprint density at radius 3 is 2.58 bits per heavy atom. The summed E-state index contributed by atoms with van der Waals surface area (Å²) in [6.07, 6.45) is 1.41. The van der Waals surface area contributed by atoms with Gasteiger partial charge in [-0.25, -0.2) is 13.4 Å². The molecule has 2 aromatic rings. The van der Waals surface area contributed by atoms with Crippen LogP contribution in [0.4, 0.5) is 0 Å². The third-order valence-corrected chi connectivity index (χ3v) is 6.25. The number of aryl methyl sites for hydroxylation is 3. The number of benzene rings is 1. The van der Waals surface area contributed by atoms with E-state index in [0.29, 0.717) is 24.8 Å². The van der Waals surface area contributed by atoms with Crippen molar-refractivity contribution in [1.82, 2.24) is 14.3 Å². The Labute approximate surface area is 155 Å². The van der Waals surface area contributed by atoms with E-state index in [1.165, 1.54) is 0 Å². The fourth-order valence-electron chi connectivity index (χ4n) is 3.15. The molecule has 6 nitrogen and oxygen atoms in total. The van der Waals surface area contributed by atoms with E-state index in [1.54, 1.807) is 10.4 Å². The molecule has 1 fully saturated rings. The van der Waals surface area contributed by atoms with Gasteiger partial charge in [0.2, 0.25) is 15.9 Å².